The number of methoxy groups -OCH3 is 1. The maximum Gasteiger partial charge on any atom is 0.258 e. The predicted octanol–water partition coefficient (Wildman–Crippen LogP) is 4.82. The molecule has 31 heavy (non-hydrogen) atoms. The zero-order chi connectivity index (χ0) is 22.0. The fourth-order valence-corrected chi connectivity index (χ4v) is 4.26. The van der Waals surface area contributed by atoms with E-state index in [0.29, 0.717) is 17.4 Å². The molecule has 162 valence electrons. The predicted molar refractivity (Wildman–Crippen MR) is 127 cm³/mol. The second kappa shape index (κ2) is 9.06. The number of aromatic nitrogens is 2. The van der Waals surface area contributed by atoms with Crippen LogP contribution in [0.4, 0.5) is 0 Å². The van der Waals surface area contributed by atoms with Crippen molar-refractivity contribution in [2.24, 2.45) is 0 Å². The summed E-state index contributed by atoms with van der Waals surface area (Å²) in [5, 5.41) is 0. The van der Waals surface area contributed by atoms with Gasteiger partial charge in [-0.2, -0.15) is 0 Å². The molecule has 5 nitrogen and oxygen atoms in total. The number of rotatable bonds is 6. The molecule has 1 aliphatic heterocycles. The second-order valence-corrected chi connectivity index (χ2v) is 8.47. The zero-order valence-corrected chi connectivity index (χ0v) is 18.9. The minimum Gasteiger partial charge on any atom is -0.496 e. The van der Waals surface area contributed by atoms with Gasteiger partial charge in [0.05, 0.1) is 12.8 Å². The van der Waals surface area contributed by atoms with Gasteiger partial charge >= 0.3 is 0 Å². The van der Waals surface area contributed by atoms with Crippen molar-refractivity contribution in [2.75, 3.05) is 20.2 Å². The Balaban J connectivity index is 1.69. The maximum atomic E-state index is 13.0. The number of hydrogen-bond acceptors (Lipinski definition) is 4. The van der Waals surface area contributed by atoms with E-state index in [2.05, 4.69) is 43.9 Å². The molecule has 3 heterocycles. The van der Waals surface area contributed by atoms with Crippen LogP contribution in [-0.2, 0) is 6.42 Å². The molecule has 0 N–H and O–H groups in total. The Kier molecular flexibility index (Phi) is 6.23. The largest absolute Gasteiger partial charge is 0.496 e. The summed E-state index contributed by atoms with van der Waals surface area (Å²) in [6.45, 7) is 8.60. The fourth-order valence-electron chi connectivity index (χ4n) is 4.26. The number of aryl methyl sites for hydroxylation is 1. The first-order valence-corrected chi connectivity index (χ1v) is 11.1. The van der Waals surface area contributed by atoms with Gasteiger partial charge in [0.2, 0.25) is 0 Å². The number of ether oxygens (including phenoxy) is 1. The molecule has 0 bridgehead atoms. The Hall–Kier alpha value is -2.92. The summed E-state index contributed by atoms with van der Waals surface area (Å²) in [6, 6.07) is 12.2. The molecule has 0 aliphatic carbocycles. The third-order valence-corrected chi connectivity index (χ3v) is 6.10. The number of hydrogen-bond donors (Lipinski definition) is 0. The highest BCUT2D eigenvalue weighted by Crippen LogP contribution is 2.27. The van der Waals surface area contributed by atoms with E-state index in [1.54, 1.807) is 17.6 Å². The lowest BCUT2D eigenvalue weighted by Crippen LogP contribution is -2.34. The fraction of sp³-hybridized carbons (Fsp3) is 0.385. The van der Waals surface area contributed by atoms with E-state index in [1.807, 2.05) is 24.4 Å². The van der Waals surface area contributed by atoms with Crippen molar-refractivity contribution in [3.63, 3.8) is 0 Å². The molecule has 0 atom stereocenters. The SMILES string of the molecule is CCCc1cc(-c2cc(=O)n3cc(C4=CCN(C(C)C)CC4)ccc3n2)ccc1OC. The molecule has 0 saturated carbocycles. The van der Waals surface area contributed by atoms with E-state index >= 15 is 0 Å². The molecular weight excluding hydrogens is 386 g/mol. The van der Waals surface area contributed by atoms with E-state index in [9.17, 15) is 4.79 Å². The third-order valence-electron chi connectivity index (χ3n) is 6.10. The Labute approximate surface area is 184 Å². The Morgan fingerprint density at radius 3 is 2.61 bits per heavy atom. The summed E-state index contributed by atoms with van der Waals surface area (Å²) in [6.07, 6.45) is 7.17. The minimum atomic E-state index is -0.0603. The smallest absolute Gasteiger partial charge is 0.258 e. The summed E-state index contributed by atoms with van der Waals surface area (Å²) in [5.41, 5.74) is 5.78. The van der Waals surface area contributed by atoms with Crippen LogP contribution < -0.4 is 10.3 Å². The summed E-state index contributed by atoms with van der Waals surface area (Å²) in [7, 11) is 1.69. The van der Waals surface area contributed by atoms with Gasteiger partial charge in [-0.3, -0.25) is 14.1 Å². The van der Waals surface area contributed by atoms with E-state index in [4.69, 9.17) is 9.72 Å². The monoisotopic (exact) mass is 417 g/mol. The van der Waals surface area contributed by atoms with E-state index in [-0.39, 0.29) is 5.56 Å². The van der Waals surface area contributed by atoms with Gasteiger partial charge in [-0.25, -0.2) is 4.98 Å². The molecule has 5 heteroatoms. The Morgan fingerprint density at radius 2 is 1.94 bits per heavy atom. The van der Waals surface area contributed by atoms with Gasteiger partial charge in [-0.15, -0.1) is 0 Å². The van der Waals surface area contributed by atoms with Crippen molar-refractivity contribution in [1.29, 1.82) is 0 Å². The van der Waals surface area contributed by atoms with Crippen LogP contribution in [-0.4, -0.2) is 40.5 Å². The van der Waals surface area contributed by atoms with E-state index in [0.717, 1.165) is 54.8 Å². The number of nitrogens with zero attached hydrogens (tertiary/aromatic N) is 3. The lowest BCUT2D eigenvalue weighted by Gasteiger charge is -2.29. The maximum absolute atomic E-state index is 13.0. The number of fused-ring (bicyclic) bond motifs is 1. The van der Waals surface area contributed by atoms with Crippen LogP contribution in [0.15, 0.2) is 53.5 Å². The summed E-state index contributed by atoms with van der Waals surface area (Å²) in [5.74, 6) is 0.879. The van der Waals surface area contributed by atoms with Gasteiger partial charge in [0.1, 0.15) is 11.4 Å². The molecule has 4 rings (SSSR count). The van der Waals surface area contributed by atoms with Gasteiger partial charge in [-0.1, -0.05) is 19.4 Å². The summed E-state index contributed by atoms with van der Waals surface area (Å²) < 4.78 is 7.14. The van der Waals surface area contributed by atoms with Crippen LogP contribution in [0.3, 0.4) is 0 Å². The molecule has 0 fully saturated rings. The minimum absolute atomic E-state index is 0.0603. The van der Waals surface area contributed by atoms with Crippen LogP contribution in [0.2, 0.25) is 0 Å². The average Bonchev–Trinajstić information content (AvgIpc) is 2.79. The number of pyridine rings is 1. The van der Waals surface area contributed by atoms with Crippen molar-refractivity contribution in [2.45, 2.75) is 46.1 Å². The highest BCUT2D eigenvalue weighted by Gasteiger charge is 2.16. The molecule has 0 saturated heterocycles. The van der Waals surface area contributed by atoms with Crippen molar-refractivity contribution < 1.29 is 4.74 Å². The molecule has 0 amide bonds. The van der Waals surface area contributed by atoms with Gasteiger partial charge in [0.25, 0.3) is 5.56 Å². The Bertz CT molecular complexity index is 1180. The quantitative estimate of drug-likeness (QED) is 0.577. The first kappa shape index (κ1) is 21.3. The molecule has 1 aromatic carbocycles. The molecule has 0 spiro atoms. The normalized spacial score (nSPS) is 14.8. The highest BCUT2D eigenvalue weighted by molar-refractivity contribution is 5.68. The lowest BCUT2D eigenvalue weighted by atomic mass is 10.00. The third kappa shape index (κ3) is 4.42. The van der Waals surface area contributed by atoms with Crippen LogP contribution in [0.1, 0.15) is 44.7 Å². The zero-order valence-electron chi connectivity index (χ0n) is 18.9. The van der Waals surface area contributed by atoms with Crippen LogP contribution in [0, 0.1) is 0 Å². The average molecular weight is 418 g/mol. The van der Waals surface area contributed by atoms with Gasteiger partial charge in [-0.05, 0) is 73.7 Å². The first-order chi connectivity index (χ1) is 15.0. The van der Waals surface area contributed by atoms with Crippen molar-refractivity contribution in [3.8, 4) is 17.0 Å². The van der Waals surface area contributed by atoms with Gasteiger partial charge < -0.3 is 4.74 Å². The summed E-state index contributed by atoms with van der Waals surface area (Å²) in [4.78, 5) is 20.2. The van der Waals surface area contributed by atoms with E-state index < -0.39 is 0 Å². The van der Waals surface area contributed by atoms with E-state index in [1.165, 1.54) is 5.57 Å². The van der Waals surface area contributed by atoms with Crippen molar-refractivity contribution >= 4 is 11.2 Å². The summed E-state index contributed by atoms with van der Waals surface area (Å²) >= 11 is 0. The van der Waals surface area contributed by atoms with Crippen LogP contribution in [0.25, 0.3) is 22.5 Å². The molecule has 3 aromatic rings. The lowest BCUT2D eigenvalue weighted by molar-refractivity contribution is 0.245. The standard InChI is InChI=1S/C26H31N3O2/c1-5-6-21-15-20(7-9-24(21)31-4)23-16-26(30)29-17-22(8-10-25(29)27-23)19-11-13-28(14-12-19)18(2)3/h7-11,15-18H,5-6,12-14H2,1-4H3. The molecule has 0 radical (unpaired) electrons. The second-order valence-electron chi connectivity index (χ2n) is 8.47. The van der Waals surface area contributed by atoms with Crippen LogP contribution >= 0.6 is 0 Å². The van der Waals surface area contributed by atoms with Crippen molar-refractivity contribution in [1.82, 2.24) is 14.3 Å². The molecule has 1 aliphatic rings. The van der Waals surface area contributed by atoms with Gasteiger partial charge in [0, 0.05) is 37.0 Å². The topological polar surface area (TPSA) is 46.8 Å². The highest BCUT2D eigenvalue weighted by atomic mass is 16.5. The Morgan fingerprint density at radius 1 is 1.13 bits per heavy atom. The van der Waals surface area contributed by atoms with Crippen LogP contribution in [0.5, 0.6) is 5.75 Å². The van der Waals surface area contributed by atoms with Crippen molar-refractivity contribution in [3.05, 3.63) is 70.2 Å². The number of benzene rings is 1. The first-order valence-electron chi connectivity index (χ1n) is 11.1. The molecule has 2 aromatic heterocycles. The molecular formula is C26H31N3O2. The molecule has 0 unspecified atom stereocenters. The van der Waals surface area contributed by atoms with Gasteiger partial charge in [0.15, 0.2) is 0 Å².